The first-order chi connectivity index (χ1) is 8.06. The van der Waals surface area contributed by atoms with E-state index in [0.29, 0.717) is 0 Å². The summed E-state index contributed by atoms with van der Waals surface area (Å²) in [5.74, 6) is 0. The number of thiophene rings is 1. The molecule has 4 heteroatoms. The lowest BCUT2D eigenvalue weighted by atomic mass is 10.2. The Hall–Kier alpha value is -0.510. The highest BCUT2D eigenvalue weighted by Crippen LogP contribution is 2.31. The number of hydrogen-bond donors (Lipinski definition) is 1. The molecule has 1 unspecified atom stereocenters. The summed E-state index contributed by atoms with van der Waals surface area (Å²) in [6.07, 6.45) is 0. The zero-order valence-corrected chi connectivity index (χ0v) is 12.8. The highest BCUT2D eigenvalue weighted by molar-refractivity contribution is 9.10. The number of anilines is 1. The number of halogens is 2. The van der Waals surface area contributed by atoms with Crippen molar-refractivity contribution in [1.82, 2.24) is 0 Å². The Bertz CT molecular complexity index is 524. The maximum Gasteiger partial charge on any atom is 0.0932 e. The molecule has 2 aromatic rings. The average molecular weight is 331 g/mol. The Morgan fingerprint density at radius 1 is 1.29 bits per heavy atom. The van der Waals surface area contributed by atoms with Crippen molar-refractivity contribution in [1.29, 1.82) is 0 Å². The zero-order valence-electron chi connectivity index (χ0n) is 9.63. The normalized spacial score (nSPS) is 12.5. The molecular formula is C13H13BrClNS. The Morgan fingerprint density at radius 3 is 2.65 bits per heavy atom. The molecule has 0 saturated carbocycles. The van der Waals surface area contributed by atoms with Crippen molar-refractivity contribution in [3.63, 3.8) is 0 Å². The monoisotopic (exact) mass is 329 g/mol. The van der Waals surface area contributed by atoms with Crippen LogP contribution in [0.15, 0.2) is 34.8 Å². The van der Waals surface area contributed by atoms with Crippen LogP contribution >= 0.6 is 38.9 Å². The fraction of sp³-hybridized carbons (Fsp3) is 0.231. The summed E-state index contributed by atoms with van der Waals surface area (Å²) in [6, 6.07) is 10.5. The first-order valence-electron chi connectivity index (χ1n) is 5.34. The van der Waals surface area contributed by atoms with Gasteiger partial charge in [0.1, 0.15) is 0 Å². The van der Waals surface area contributed by atoms with Crippen molar-refractivity contribution in [3.8, 4) is 0 Å². The summed E-state index contributed by atoms with van der Waals surface area (Å²) >= 11 is 11.1. The van der Waals surface area contributed by atoms with E-state index in [1.165, 1.54) is 10.4 Å². The third-order valence-electron chi connectivity index (χ3n) is 2.52. The van der Waals surface area contributed by atoms with Crippen molar-refractivity contribution in [2.45, 2.75) is 19.9 Å². The first-order valence-corrected chi connectivity index (χ1v) is 7.33. The fourth-order valence-corrected chi connectivity index (χ4v) is 3.27. The number of aryl methyl sites for hydroxylation is 1. The quantitative estimate of drug-likeness (QED) is 0.767. The van der Waals surface area contributed by atoms with Gasteiger partial charge in [-0.3, -0.25) is 0 Å². The van der Waals surface area contributed by atoms with E-state index >= 15 is 0 Å². The van der Waals surface area contributed by atoms with Crippen LogP contribution in [0.2, 0.25) is 4.34 Å². The zero-order chi connectivity index (χ0) is 12.4. The number of nitrogens with one attached hydrogen (secondary N) is 1. The van der Waals surface area contributed by atoms with Gasteiger partial charge in [-0.1, -0.05) is 17.7 Å². The standard InChI is InChI=1S/C13H13BrClNS/c1-8-3-4-11(10(14)7-8)16-9(2)12-5-6-13(15)17-12/h3-7,9,16H,1-2H3. The van der Waals surface area contributed by atoms with E-state index in [9.17, 15) is 0 Å². The van der Waals surface area contributed by atoms with Crippen LogP contribution in [0.25, 0.3) is 0 Å². The summed E-state index contributed by atoms with van der Waals surface area (Å²) in [4.78, 5) is 1.24. The smallest absolute Gasteiger partial charge is 0.0932 e. The molecule has 0 aliphatic carbocycles. The molecule has 1 nitrogen and oxygen atoms in total. The second-order valence-electron chi connectivity index (χ2n) is 3.99. The molecule has 17 heavy (non-hydrogen) atoms. The van der Waals surface area contributed by atoms with E-state index in [2.05, 4.69) is 59.4 Å². The Labute approximate surface area is 119 Å². The molecule has 1 aromatic heterocycles. The van der Waals surface area contributed by atoms with Gasteiger partial charge in [-0.15, -0.1) is 11.3 Å². The molecule has 1 aromatic carbocycles. The summed E-state index contributed by atoms with van der Waals surface area (Å²) in [7, 11) is 0. The van der Waals surface area contributed by atoms with Crippen LogP contribution in [-0.4, -0.2) is 0 Å². The number of hydrogen-bond acceptors (Lipinski definition) is 2. The minimum Gasteiger partial charge on any atom is -0.377 e. The van der Waals surface area contributed by atoms with Gasteiger partial charge in [0.25, 0.3) is 0 Å². The van der Waals surface area contributed by atoms with Crippen molar-refractivity contribution >= 4 is 44.6 Å². The van der Waals surface area contributed by atoms with Crippen molar-refractivity contribution < 1.29 is 0 Å². The average Bonchev–Trinajstić information content (AvgIpc) is 2.69. The second-order valence-corrected chi connectivity index (χ2v) is 6.59. The molecular weight excluding hydrogens is 318 g/mol. The van der Waals surface area contributed by atoms with Crippen molar-refractivity contribution in [3.05, 3.63) is 49.6 Å². The van der Waals surface area contributed by atoms with E-state index in [-0.39, 0.29) is 6.04 Å². The van der Waals surface area contributed by atoms with Gasteiger partial charge in [0, 0.05) is 15.0 Å². The van der Waals surface area contributed by atoms with Gasteiger partial charge in [-0.25, -0.2) is 0 Å². The maximum absolute atomic E-state index is 5.94. The first kappa shape index (κ1) is 12.9. The molecule has 90 valence electrons. The van der Waals surface area contributed by atoms with E-state index < -0.39 is 0 Å². The molecule has 0 spiro atoms. The summed E-state index contributed by atoms with van der Waals surface area (Å²) < 4.78 is 1.92. The highest BCUT2D eigenvalue weighted by atomic mass is 79.9. The lowest BCUT2D eigenvalue weighted by Crippen LogP contribution is -2.05. The van der Waals surface area contributed by atoms with Gasteiger partial charge in [0.2, 0.25) is 0 Å². The Kier molecular flexibility index (Phi) is 4.13. The van der Waals surface area contributed by atoms with E-state index in [1.807, 2.05) is 6.07 Å². The van der Waals surface area contributed by atoms with E-state index in [1.54, 1.807) is 11.3 Å². The van der Waals surface area contributed by atoms with Crippen LogP contribution < -0.4 is 5.32 Å². The van der Waals surface area contributed by atoms with E-state index in [4.69, 9.17) is 11.6 Å². The molecule has 0 saturated heterocycles. The topological polar surface area (TPSA) is 12.0 Å². The van der Waals surface area contributed by atoms with E-state index in [0.717, 1.165) is 14.5 Å². The van der Waals surface area contributed by atoms with Crippen LogP contribution in [0, 0.1) is 6.92 Å². The predicted octanol–water partition coefficient (Wildman–Crippen LogP) is 5.65. The van der Waals surface area contributed by atoms with Crippen molar-refractivity contribution in [2.75, 3.05) is 5.32 Å². The summed E-state index contributed by atoms with van der Waals surface area (Å²) in [5, 5.41) is 3.47. The predicted molar refractivity (Wildman–Crippen MR) is 80.2 cm³/mol. The van der Waals surface area contributed by atoms with Crippen LogP contribution in [0.3, 0.4) is 0 Å². The van der Waals surface area contributed by atoms with Crippen molar-refractivity contribution in [2.24, 2.45) is 0 Å². The van der Waals surface area contributed by atoms with Crippen LogP contribution in [-0.2, 0) is 0 Å². The molecule has 1 N–H and O–H groups in total. The highest BCUT2D eigenvalue weighted by Gasteiger charge is 2.09. The molecule has 0 aliphatic rings. The summed E-state index contributed by atoms with van der Waals surface area (Å²) in [5.41, 5.74) is 2.35. The maximum atomic E-state index is 5.94. The second kappa shape index (κ2) is 5.42. The van der Waals surface area contributed by atoms with Gasteiger partial charge in [-0.05, 0) is 59.6 Å². The number of rotatable bonds is 3. The van der Waals surface area contributed by atoms with Gasteiger partial charge in [0.05, 0.1) is 10.4 Å². The molecule has 0 aliphatic heterocycles. The SMILES string of the molecule is Cc1ccc(NC(C)c2ccc(Cl)s2)c(Br)c1. The lowest BCUT2D eigenvalue weighted by molar-refractivity contribution is 0.906. The van der Waals surface area contributed by atoms with Gasteiger partial charge in [0.15, 0.2) is 0 Å². The number of benzene rings is 1. The fourth-order valence-electron chi connectivity index (χ4n) is 1.60. The molecule has 2 rings (SSSR count). The minimum absolute atomic E-state index is 0.256. The molecule has 0 bridgehead atoms. The molecule has 0 fully saturated rings. The third-order valence-corrected chi connectivity index (χ3v) is 4.59. The lowest BCUT2D eigenvalue weighted by Gasteiger charge is -2.15. The molecule has 0 amide bonds. The molecule has 1 atom stereocenters. The van der Waals surface area contributed by atoms with Crippen LogP contribution in [0.4, 0.5) is 5.69 Å². The largest absolute Gasteiger partial charge is 0.377 e. The van der Waals surface area contributed by atoms with Crippen LogP contribution in [0.5, 0.6) is 0 Å². The molecule has 1 heterocycles. The minimum atomic E-state index is 0.256. The van der Waals surface area contributed by atoms with Gasteiger partial charge < -0.3 is 5.32 Å². The third kappa shape index (κ3) is 3.24. The Morgan fingerprint density at radius 2 is 2.06 bits per heavy atom. The summed E-state index contributed by atoms with van der Waals surface area (Å²) in [6.45, 7) is 4.21. The Balaban J connectivity index is 2.15. The van der Waals surface area contributed by atoms with Gasteiger partial charge >= 0.3 is 0 Å². The van der Waals surface area contributed by atoms with Gasteiger partial charge in [-0.2, -0.15) is 0 Å². The molecule has 0 radical (unpaired) electrons. The van der Waals surface area contributed by atoms with Crippen LogP contribution in [0.1, 0.15) is 23.4 Å².